The van der Waals surface area contributed by atoms with Crippen LogP contribution >= 0.6 is 8.53 Å². The van der Waals surface area contributed by atoms with Gasteiger partial charge in [0.25, 0.3) is 14.4 Å². The maximum absolute atomic E-state index is 18.4. The Morgan fingerprint density at radius 2 is 1.39 bits per heavy atom. The van der Waals surface area contributed by atoms with Gasteiger partial charge in [-0.25, -0.2) is 14.0 Å². The smallest absolute Gasteiger partial charge is 0.264 e. The van der Waals surface area contributed by atoms with Crippen molar-refractivity contribution in [2.45, 2.75) is 74.2 Å². The lowest BCUT2D eigenvalue weighted by molar-refractivity contribution is -0.118. The first-order valence-corrected chi connectivity index (χ1v) is 30.5. The molecule has 5 heterocycles. The van der Waals surface area contributed by atoms with E-state index in [1.54, 1.807) is 38.5 Å². The molecule has 410 valence electrons. The van der Waals surface area contributed by atoms with Gasteiger partial charge in [0.2, 0.25) is 11.8 Å². The minimum atomic E-state index is -2.41. The molecule has 0 bridgehead atoms. The zero-order valence-corrected chi connectivity index (χ0v) is 46.4. The van der Waals surface area contributed by atoms with Crippen LogP contribution in [0.2, 0.25) is 12.6 Å². The fourth-order valence-electron chi connectivity index (χ4n) is 11.1. The summed E-state index contributed by atoms with van der Waals surface area (Å²) in [5.74, 6) is 1.08. The summed E-state index contributed by atoms with van der Waals surface area (Å²) < 4.78 is 73.8. The quantitative estimate of drug-likeness (QED) is 0.0294. The Balaban J connectivity index is 0.969. The molecule has 2 aromatic heterocycles. The number of nitrogens with one attached hydrogen (secondary N) is 1. The molecule has 7 atom stereocenters. The highest BCUT2D eigenvalue weighted by Crippen LogP contribution is 2.59. The van der Waals surface area contributed by atoms with Crippen LogP contribution in [0.25, 0.3) is 11.2 Å². The second-order valence-corrected chi connectivity index (χ2v) is 25.6. The topological polar surface area (TPSA) is 174 Å². The Bertz CT molecular complexity index is 3300. The van der Waals surface area contributed by atoms with Crippen molar-refractivity contribution >= 4 is 50.0 Å². The molecular weight excluding hydrogens is 1050 g/mol. The van der Waals surface area contributed by atoms with Crippen LogP contribution in [-0.2, 0) is 28.9 Å². The van der Waals surface area contributed by atoms with E-state index in [0.29, 0.717) is 17.2 Å². The number of ether oxygens (including phenoxy) is 6. The molecule has 3 aliphatic heterocycles. The van der Waals surface area contributed by atoms with E-state index in [0.717, 1.165) is 42.1 Å². The van der Waals surface area contributed by atoms with Gasteiger partial charge < -0.3 is 37.5 Å². The van der Waals surface area contributed by atoms with Crippen LogP contribution in [0.5, 0.6) is 23.1 Å². The molecule has 3 fully saturated rings. The highest BCUT2D eigenvalue weighted by atomic mass is 31.2. The molecule has 0 radical (unpaired) electrons. The van der Waals surface area contributed by atoms with E-state index in [-0.39, 0.29) is 61.4 Å². The third-order valence-corrected chi connectivity index (χ3v) is 21.4. The van der Waals surface area contributed by atoms with Crippen molar-refractivity contribution in [3.63, 3.8) is 0 Å². The van der Waals surface area contributed by atoms with Crippen molar-refractivity contribution in [1.82, 2.24) is 24.2 Å². The van der Waals surface area contributed by atoms with Crippen LogP contribution in [0.3, 0.4) is 0 Å². The van der Waals surface area contributed by atoms with Crippen molar-refractivity contribution in [2.24, 2.45) is 0 Å². The van der Waals surface area contributed by atoms with E-state index in [1.807, 2.05) is 97.1 Å². The number of imidazole rings is 1. The number of methoxy groups -OCH3 is 2. The Labute approximate surface area is 466 Å². The van der Waals surface area contributed by atoms with Crippen LogP contribution in [-0.4, -0.2) is 109 Å². The van der Waals surface area contributed by atoms with E-state index in [4.69, 9.17) is 42.5 Å². The van der Waals surface area contributed by atoms with Gasteiger partial charge in [-0.3, -0.25) is 14.7 Å². The lowest BCUT2D eigenvalue weighted by Crippen LogP contribution is -2.58. The fraction of sp³-hybridized carbons (Fsp3) is 0.295. The van der Waals surface area contributed by atoms with Crippen LogP contribution < -0.4 is 34.6 Å². The number of nitriles is 1. The Morgan fingerprint density at radius 1 is 0.787 bits per heavy atom. The summed E-state index contributed by atoms with van der Waals surface area (Å²) in [4.78, 5) is 27.2. The maximum atomic E-state index is 18.4. The number of fused-ring (bicyclic) bond motifs is 2. The Kier molecular flexibility index (Phi) is 16.6. The number of alkyl halides is 1. The molecule has 19 heteroatoms. The number of rotatable bonds is 22. The van der Waals surface area contributed by atoms with Gasteiger partial charge >= 0.3 is 0 Å². The first-order valence-electron chi connectivity index (χ1n) is 26.7. The molecule has 0 saturated carbocycles. The standard InChI is InChI=1S/C61H61FN7O9PSi/c1-71-45-31-27-43(28-32-45)61(42-18-8-4-9-19-42,44-29-33-46(72-2)34-30-44)75-38-51-56(78-79-69-36-16-26-50(69)52(77-79)40-80(3,48-22-12-6-13-23-48)49-24-14-7-15-25-49)54(62)59(76-51)68-41-64-55-57(68)66-60(67-58(55)73-37-17-35-63)65-53(70)39-74-47-20-10-5-11-21-47/h4-15,18-25,27-34,41,50-52,54,56,59H,16-17,26,36-40H2,1-3H3,(H,65,66,67,70)/t50-,51-,52+,54?,56+,59-,79-/m1/s1. The normalized spacial score (nSPS) is 21.0. The molecule has 16 nitrogen and oxygen atoms in total. The lowest BCUT2D eigenvalue weighted by Gasteiger charge is -2.37. The van der Waals surface area contributed by atoms with E-state index in [1.165, 1.54) is 21.3 Å². The third kappa shape index (κ3) is 11.2. The Hall–Kier alpha value is -7.59. The number of para-hydroxylation sites is 1. The molecule has 1 amide bonds. The zero-order chi connectivity index (χ0) is 55.1. The summed E-state index contributed by atoms with van der Waals surface area (Å²) in [5.41, 5.74) is 1.33. The van der Waals surface area contributed by atoms with Crippen molar-refractivity contribution in [3.05, 3.63) is 193 Å². The van der Waals surface area contributed by atoms with Gasteiger partial charge in [-0.2, -0.15) is 15.2 Å². The minimum Gasteiger partial charge on any atom is -0.497 e. The van der Waals surface area contributed by atoms with E-state index >= 15 is 4.39 Å². The average molecular weight is 1110 g/mol. The molecule has 0 spiro atoms. The van der Waals surface area contributed by atoms with Crippen molar-refractivity contribution in [1.29, 1.82) is 5.26 Å². The first-order chi connectivity index (χ1) is 39.2. The molecule has 1 unspecified atom stereocenters. The molecule has 1 N–H and O–H groups in total. The number of amides is 1. The third-order valence-electron chi connectivity index (χ3n) is 15.2. The number of nitrogens with zero attached hydrogens (tertiary/aromatic N) is 6. The number of anilines is 1. The average Bonchev–Trinajstić information content (AvgIpc) is 4.44. The summed E-state index contributed by atoms with van der Waals surface area (Å²) in [6, 6.07) is 58.5. The molecule has 6 aromatic carbocycles. The second-order valence-electron chi connectivity index (χ2n) is 20.0. The maximum Gasteiger partial charge on any atom is 0.264 e. The first kappa shape index (κ1) is 54.4. The summed E-state index contributed by atoms with van der Waals surface area (Å²) in [7, 11) is -0.997. The monoisotopic (exact) mass is 1110 g/mol. The lowest BCUT2D eigenvalue weighted by atomic mass is 9.80. The molecule has 8 aromatic rings. The van der Waals surface area contributed by atoms with Crippen molar-refractivity contribution in [3.8, 4) is 29.2 Å². The molecule has 11 rings (SSSR count). The molecular formula is C61H61FN7O9PSi. The summed E-state index contributed by atoms with van der Waals surface area (Å²) >= 11 is 0. The highest BCUT2D eigenvalue weighted by Gasteiger charge is 2.55. The predicted octanol–water partition coefficient (Wildman–Crippen LogP) is 9.77. The number of halogens is 1. The van der Waals surface area contributed by atoms with Crippen LogP contribution in [0.4, 0.5) is 10.3 Å². The number of aromatic nitrogens is 4. The van der Waals surface area contributed by atoms with Gasteiger partial charge in [-0.1, -0.05) is 150 Å². The van der Waals surface area contributed by atoms with E-state index in [9.17, 15) is 10.1 Å². The molecule has 3 aliphatic rings. The van der Waals surface area contributed by atoms with Crippen LogP contribution in [0.1, 0.15) is 42.2 Å². The van der Waals surface area contributed by atoms with Gasteiger partial charge in [0.1, 0.15) is 49.7 Å². The van der Waals surface area contributed by atoms with Gasteiger partial charge in [-0.05, 0) is 72.0 Å². The van der Waals surface area contributed by atoms with Gasteiger partial charge in [0, 0.05) is 12.6 Å². The summed E-state index contributed by atoms with van der Waals surface area (Å²) in [5, 5.41) is 14.7. The summed E-state index contributed by atoms with van der Waals surface area (Å²) in [6.07, 6.45) is -2.46. The number of hydrogen-bond donors (Lipinski definition) is 1. The highest BCUT2D eigenvalue weighted by molar-refractivity contribution is 7.45. The van der Waals surface area contributed by atoms with Gasteiger partial charge in [0.15, 0.2) is 30.2 Å². The predicted molar refractivity (Wildman–Crippen MR) is 304 cm³/mol. The zero-order valence-electron chi connectivity index (χ0n) is 44.5. The van der Waals surface area contributed by atoms with E-state index < -0.39 is 52.7 Å². The molecule has 0 aliphatic carbocycles. The van der Waals surface area contributed by atoms with E-state index in [2.05, 4.69) is 81.1 Å². The number of carbonyl (C=O) groups excluding carboxylic acids is 1. The van der Waals surface area contributed by atoms with Crippen LogP contribution in [0.15, 0.2) is 176 Å². The fourth-order valence-corrected chi connectivity index (χ4v) is 17.1. The number of hydrogen-bond acceptors (Lipinski definition) is 14. The summed E-state index contributed by atoms with van der Waals surface area (Å²) in [6.45, 7) is 2.57. The second kappa shape index (κ2) is 24.4. The molecule has 80 heavy (non-hydrogen) atoms. The van der Waals surface area contributed by atoms with Gasteiger partial charge in [-0.15, -0.1) is 0 Å². The van der Waals surface area contributed by atoms with Crippen molar-refractivity contribution < 1.29 is 46.7 Å². The van der Waals surface area contributed by atoms with Crippen molar-refractivity contribution in [2.75, 3.05) is 45.9 Å². The van der Waals surface area contributed by atoms with Crippen LogP contribution in [0, 0.1) is 11.3 Å². The SMILES string of the molecule is COc1ccc(C(OC[C@H]2O[C@@H](n3cnc4c(OCCC#N)nc(NC(=O)COc5ccccc5)nc43)C(F)[C@H]2O[P@@]2O[C@@H](C[Si](C)(c3ccccc3)c3ccccc3)[C@H]3CCCN32)(c2ccccc2)c2ccc(OC)cc2)cc1. The number of benzene rings is 6. The number of carbonyl (C=O) groups is 1. The largest absolute Gasteiger partial charge is 0.497 e. The minimum absolute atomic E-state index is 0.0218. The molecule has 3 saturated heterocycles. The Morgan fingerprint density at radius 3 is 2.00 bits per heavy atom. The van der Waals surface area contributed by atoms with Gasteiger partial charge in [0.05, 0.1) is 45.7 Å².